The van der Waals surface area contributed by atoms with E-state index in [9.17, 15) is 0 Å². The zero-order valence-corrected chi connectivity index (χ0v) is 14.3. The van der Waals surface area contributed by atoms with Gasteiger partial charge in [0.15, 0.2) is 0 Å². The highest BCUT2D eigenvalue weighted by atomic mass is 15.1. The van der Waals surface area contributed by atoms with Crippen LogP contribution >= 0.6 is 0 Å². The Morgan fingerprint density at radius 2 is 1.76 bits per heavy atom. The topological polar surface area (TPSA) is 47.7 Å². The lowest BCUT2D eigenvalue weighted by molar-refractivity contribution is 0.643. The normalized spacial score (nSPS) is 11.2. The summed E-state index contributed by atoms with van der Waals surface area (Å²) in [6.45, 7) is 2.43. The number of nitrogens with zero attached hydrogens (tertiary/aromatic N) is 4. The summed E-state index contributed by atoms with van der Waals surface area (Å²) in [6, 6.07) is 16.9. The molecule has 25 heavy (non-hydrogen) atoms. The fourth-order valence-corrected chi connectivity index (χ4v) is 3.03. The van der Waals surface area contributed by atoms with E-state index in [2.05, 4.69) is 62.9 Å². The van der Waals surface area contributed by atoms with Crippen molar-refractivity contribution in [1.82, 2.24) is 24.4 Å². The number of nitrogens with one attached hydrogen (secondary N) is 1. The van der Waals surface area contributed by atoms with Crippen LogP contribution in [0.4, 0.5) is 0 Å². The fraction of sp³-hybridized carbons (Fsp3) is 0.200. The lowest BCUT2D eigenvalue weighted by Crippen LogP contribution is -2.15. The molecule has 0 saturated carbocycles. The van der Waals surface area contributed by atoms with Gasteiger partial charge in [-0.15, -0.1) is 0 Å². The van der Waals surface area contributed by atoms with E-state index in [0.29, 0.717) is 0 Å². The Kier molecular flexibility index (Phi) is 4.31. The highest BCUT2D eigenvalue weighted by Crippen LogP contribution is 2.14. The van der Waals surface area contributed by atoms with Crippen LogP contribution in [-0.4, -0.2) is 19.1 Å². The molecule has 0 aliphatic rings. The second kappa shape index (κ2) is 6.91. The van der Waals surface area contributed by atoms with Gasteiger partial charge in [0.2, 0.25) is 0 Å². The van der Waals surface area contributed by atoms with Crippen LogP contribution < -0.4 is 5.32 Å². The highest BCUT2D eigenvalue weighted by molar-refractivity contribution is 5.75. The zero-order valence-electron chi connectivity index (χ0n) is 14.3. The predicted octanol–water partition coefficient (Wildman–Crippen LogP) is 3.11. The van der Waals surface area contributed by atoms with E-state index >= 15 is 0 Å². The van der Waals surface area contributed by atoms with Gasteiger partial charge in [-0.2, -0.15) is 0 Å². The molecule has 5 nitrogen and oxygen atoms in total. The average molecular weight is 331 g/mol. The third-order valence-corrected chi connectivity index (χ3v) is 4.44. The van der Waals surface area contributed by atoms with Crippen molar-refractivity contribution in [2.45, 2.75) is 19.6 Å². The van der Waals surface area contributed by atoms with E-state index in [4.69, 9.17) is 4.98 Å². The predicted molar refractivity (Wildman–Crippen MR) is 99.0 cm³/mol. The highest BCUT2D eigenvalue weighted by Gasteiger charge is 2.06. The summed E-state index contributed by atoms with van der Waals surface area (Å²) in [5, 5.41) is 3.49. The van der Waals surface area contributed by atoms with Crippen LogP contribution in [0.15, 0.2) is 67.3 Å². The van der Waals surface area contributed by atoms with Crippen LogP contribution in [-0.2, 0) is 26.7 Å². The number of aromatic nitrogens is 4. The second-order valence-corrected chi connectivity index (χ2v) is 6.23. The molecule has 0 aliphatic carbocycles. The van der Waals surface area contributed by atoms with E-state index in [1.54, 1.807) is 6.20 Å². The summed E-state index contributed by atoms with van der Waals surface area (Å²) >= 11 is 0. The lowest BCUT2D eigenvalue weighted by atomic mass is 10.1. The molecule has 0 unspecified atom stereocenters. The number of imidazole rings is 2. The molecule has 2 heterocycles. The molecule has 0 aliphatic heterocycles. The van der Waals surface area contributed by atoms with Crippen LogP contribution in [0.2, 0.25) is 0 Å². The van der Waals surface area contributed by atoms with Crippen molar-refractivity contribution in [3.05, 3.63) is 84.2 Å². The number of hydrogen-bond donors (Lipinski definition) is 1. The number of rotatable bonds is 6. The SMILES string of the molecule is Cn1c(CNCc2ccc(Cn3ccnc3)cc2)nc2ccccc21. The van der Waals surface area contributed by atoms with Crippen LogP contribution in [0, 0.1) is 0 Å². The Balaban J connectivity index is 1.35. The molecule has 0 saturated heterocycles. The monoisotopic (exact) mass is 331 g/mol. The maximum atomic E-state index is 4.69. The van der Waals surface area contributed by atoms with Gasteiger partial charge in [0.1, 0.15) is 5.82 Å². The van der Waals surface area contributed by atoms with Crippen LogP contribution in [0.1, 0.15) is 17.0 Å². The quantitative estimate of drug-likeness (QED) is 0.590. The van der Waals surface area contributed by atoms with Crippen molar-refractivity contribution >= 4 is 11.0 Å². The second-order valence-electron chi connectivity index (χ2n) is 6.23. The summed E-state index contributed by atoms with van der Waals surface area (Å²) in [5.41, 5.74) is 4.76. The maximum absolute atomic E-state index is 4.69. The number of para-hydroxylation sites is 2. The van der Waals surface area contributed by atoms with E-state index < -0.39 is 0 Å². The summed E-state index contributed by atoms with van der Waals surface area (Å²) in [5.74, 6) is 1.05. The van der Waals surface area contributed by atoms with Crippen molar-refractivity contribution in [3.63, 3.8) is 0 Å². The van der Waals surface area contributed by atoms with E-state index in [-0.39, 0.29) is 0 Å². The third-order valence-electron chi connectivity index (χ3n) is 4.44. The standard InChI is InChI=1S/C20H21N5/c1-24-19-5-3-2-4-18(19)23-20(24)13-22-12-16-6-8-17(9-7-16)14-25-11-10-21-15-25/h2-11,15,22H,12-14H2,1H3. The Labute approximate surface area is 147 Å². The van der Waals surface area contributed by atoms with Crippen molar-refractivity contribution < 1.29 is 0 Å². The molecule has 0 atom stereocenters. The fourth-order valence-electron chi connectivity index (χ4n) is 3.03. The number of hydrogen-bond acceptors (Lipinski definition) is 3. The molecule has 0 bridgehead atoms. The Morgan fingerprint density at radius 3 is 2.52 bits per heavy atom. The molecule has 126 valence electrons. The zero-order chi connectivity index (χ0) is 17.1. The van der Waals surface area contributed by atoms with Crippen molar-refractivity contribution in [3.8, 4) is 0 Å². The Bertz CT molecular complexity index is 952. The first-order valence-corrected chi connectivity index (χ1v) is 8.44. The molecule has 0 radical (unpaired) electrons. The van der Waals surface area contributed by atoms with Crippen LogP contribution in [0.3, 0.4) is 0 Å². The molecule has 5 heteroatoms. The van der Waals surface area contributed by atoms with Gasteiger partial charge in [-0.1, -0.05) is 36.4 Å². The van der Waals surface area contributed by atoms with Gasteiger partial charge in [-0.3, -0.25) is 0 Å². The molecule has 1 N–H and O–H groups in total. The summed E-state index contributed by atoms with van der Waals surface area (Å²) in [4.78, 5) is 8.76. The Hall–Kier alpha value is -2.92. The van der Waals surface area contributed by atoms with E-state index in [1.165, 1.54) is 16.6 Å². The molecule has 4 aromatic rings. The first-order chi connectivity index (χ1) is 12.3. The molecular weight excluding hydrogens is 310 g/mol. The van der Waals surface area contributed by atoms with E-state index in [0.717, 1.165) is 31.0 Å². The minimum atomic E-state index is 0.752. The first-order valence-electron chi connectivity index (χ1n) is 8.44. The maximum Gasteiger partial charge on any atom is 0.123 e. The third kappa shape index (κ3) is 3.46. The number of fused-ring (bicyclic) bond motifs is 1. The summed E-state index contributed by atoms with van der Waals surface area (Å²) in [6.07, 6.45) is 5.62. The smallest absolute Gasteiger partial charge is 0.123 e. The minimum Gasteiger partial charge on any atom is -0.333 e. The van der Waals surface area contributed by atoms with E-state index in [1.807, 2.05) is 24.7 Å². The summed E-state index contributed by atoms with van der Waals surface area (Å²) in [7, 11) is 2.07. The van der Waals surface area contributed by atoms with Gasteiger partial charge < -0.3 is 14.5 Å². The molecular formula is C20H21N5. The molecule has 0 fully saturated rings. The van der Waals surface area contributed by atoms with Gasteiger partial charge in [0, 0.05) is 32.5 Å². The largest absolute Gasteiger partial charge is 0.333 e. The van der Waals surface area contributed by atoms with Crippen LogP contribution in [0.25, 0.3) is 11.0 Å². The first kappa shape index (κ1) is 15.6. The van der Waals surface area contributed by atoms with Gasteiger partial charge >= 0.3 is 0 Å². The minimum absolute atomic E-state index is 0.752. The van der Waals surface area contributed by atoms with Crippen molar-refractivity contribution in [2.75, 3.05) is 0 Å². The molecule has 2 aromatic carbocycles. The number of benzene rings is 2. The van der Waals surface area contributed by atoms with Gasteiger partial charge in [0.05, 0.1) is 23.9 Å². The van der Waals surface area contributed by atoms with Crippen molar-refractivity contribution in [2.24, 2.45) is 7.05 Å². The van der Waals surface area contributed by atoms with Crippen LogP contribution in [0.5, 0.6) is 0 Å². The summed E-state index contributed by atoms with van der Waals surface area (Å²) < 4.78 is 4.22. The molecule has 0 amide bonds. The Morgan fingerprint density at radius 1 is 0.960 bits per heavy atom. The molecule has 4 rings (SSSR count). The molecule has 2 aromatic heterocycles. The average Bonchev–Trinajstić information content (AvgIpc) is 3.25. The van der Waals surface area contributed by atoms with Gasteiger partial charge in [0.25, 0.3) is 0 Å². The number of aryl methyl sites for hydroxylation is 1. The molecule has 0 spiro atoms. The lowest BCUT2D eigenvalue weighted by Gasteiger charge is -2.07. The van der Waals surface area contributed by atoms with Crippen molar-refractivity contribution in [1.29, 1.82) is 0 Å². The van der Waals surface area contributed by atoms with Gasteiger partial charge in [-0.05, 0) is 23.3 Å². The van der Waals surface area contributed by atoms with Gasteiger partial charge in [-0.25, -0.2) is 9.97 Å².